The molecule has 0 radical (unpaired) electrons. The van der Waals surface area contributed by atoms with Crippen molar-refractivity contribution < 1.29 is 19.1 Å². The average Bonchev–Trinajstić information content (AvgIpc) is 2.60. The third-order valence-electron chi connectivity index (χ3n) is 4.62. The Morgan fingerprint density at radius 3 is 2.32 bits per heavy atom. The Balaban J connectivity index is 1.92. The lowest BCUT2D eigenvalue weighted by molar-refractivity contribution is -0.158. The van der Waals surface area contributed by atoms with E-state index in [1.54, 1.807) is 20.1 Å². The Morgan fingerprint density at radius 2 is 1.76 bits per heavy atom. The van der Waals surface area contributed by atoms with Gasteiger partial charge in [0, 0.05) is 18.2 Å². The van der Waals surface area contributed by atoms with Crippen LogP contribution in [0.2, 0.25) is 0 Å². The number of carbonyl (C=O) groups excluding carboxylic acids is 2. The Bertz CT molecular complexity index is 613. The molecular weight excluding hydrogens is 318 g/mol. The van der Waals surface area contributed by atoms with Crippen LogP contribution in [0.5, 0.6) is 5.75 Å². The van der Waals surface area contributed by atoms with Crippen LogP contribution in [-0.4, -0.2) is 42.1 Å². The highest BCUT2D eigenvalue weighted by molar-refractivity contribution is 5.90. The van der Waals surface area contributed by atoms with Crippen molar-refractivity contribution in [2.45, 2.75) is 58.2 Å². The molecule has 1 heterocycles. The van der Waals surface area contributed by atoms with Gasteiger partial charge >= 0.3 is 5.97 Å². The van der Waals surface area contributed by atoms with Crippen molar-refractivity contribution in [3.05, 3.63) is 35.9 Å². The predicted octanol–water partition coefficient (Wildman–Crippen LogP) is 3.43. The molecule has 1 aliphatic heterocycles. The number of rotatable bonds is 5. The second-order valence-electron chi connectivity index (χ2n) is 6.56. The van der Waals surface area contributed by atoms with Crippen LogP contribution in [0.15, 0.2) is 30.3 Å². The van der Waals surface area contributed by atoms with Crippen molar-refractivity contribution in [3.63, 3.8) is 0 Å². The van der Waals surface area contributed by atoms with E-state index in [9.17, 15) is 9.59 Å². The van der Waals surface area contributed by atoms with Gasteiger partial charge in [0.2, 0.25) is 0 Å². The number of piperidine rings is 1. The lowest BCUT2D eigenvalue weighted by Gasteiger charge is -2.40. The molecular formula is C20H27NO4. The first-order chi connectivity index (χ1) is 11.9. The highest BCUT2D eigenvalue weighted by Crippen LogP contribution is 2.23. The van der Waals surface area contributed by atoms with Crippen molar-refractivity contribution in [3.8, 4) is 5.75 Å². The monoisotopic (exact) mass is 345 g/mol. The molecule has 1 saturated heterocycles. The number of hydrogen-bond acceptors (Lipinski definition) is 4. The molecule has 1 fully saturated rings. The van der Waals surface area contributed by atoms with Crippen LogP contribution in [0.3, 0.4) is 0 Å². The van der Waals surface area contributed by atoms with E-state index in [4.69, 9.17) is 9.47 Å². The molecule has 3 atom stereocenters. The Morgan fingerprint density at radius 1 is 1.16 bits per heavy atom. The van der Waals surface area contributed by atoms with Crippen LogP contribution in [0.4, 0.5) is 0 Å². The molecule has 136 valence electrons. The zero-order valence-corrected chi connectivity index (χ0v) is 15.4. The van der Waals surface area contributed by atoms with Crippen molar-refractivity contribution in [2.24, 2.45) is 0 Å². The first-order valence-corrected chi connectivity index (χ1v) is 8.77. The number of ether oxygens (including phenoxy) is 2. The second kappa shape index (κ2) is 8.70. The molecule has 0 spiro atoms. The Hall–Kier alpha value is -2.30. The molecule has 5 nitrogen and oxygen atoms in total. The minimum absolute atomic E-state index is 0.120. The largest absolute Gasteiger partial charge is 0.497 e. The lowest BCUT2D eigenvalue weighted by Crippen LogP contribution is -2.51. The smallest absolute Gasteiger partial charge is 0.331 e. The van der Waals surface area contributed by atoms with Crippen molar-refractivity contribution in [1.29, 1.82) is 0 Å². The van der Waals surface area contributed by atoms with Crippen molar-refractivity contribution >= 4 is 18.0 Å². The SMILES string of the molecule is COc1ccc(/C=C/C(=O)O[C@H](C)C(=O)N2[C@H](C)CCC[C@H]2C)cc1. The van der Waals surface area contributed by atoms with Gasteiger partial charge in [-0.3, -0.25) is 4.79 Å². The summed E-state index contributed by atoms with van der Waals surface area (Å²) in [6.07, 6.45) is 5.34. The average molecular weight is 345 g/mol. The molecule has 0 unspecified atom stereocenters. The summed E-state index contributed by atoms with van der Waals surface area (Å²) in [5.41, 5.74) is 0.856. The summed E-state index contributed by atoms with van der Waals surface area (Å²) in [6, 6.07) is 7.69. The van der Waals surface area contributed by atoms with Crippen molar-refractivity contribution in [2.75, 3.05) is 7.11 Å². The number of nitrogens with zero attached hydrogens (tertiary/aromatic N) is 1. The standard InChI is InChI=1S/C20H27NO4/c1-14-6-5-7-15(2)21(14)20(23)16(3)25-19(22)13-10-17-8-11-18(24-4)12-9-17/h8-16H,5-7H2,1-4H3/b13-10+/t14-,15-,16-/m1/s1. The van der Waals surface area contributed by atoms with E-state index in [-0.39, 0.29) is 18.0 Å². The number of amides is 1. The molecule has 1 aliphatic rings. The van der Waals surface area contributed by atoms with Crippen LogP contribution >= 0.6 is 0 Å². The molecule has 2 rings (SSSR count). The van der Waals surface area contributed by atoms with Gasteiger partial charge in [-0.05, 0) is 63.8 Å². The summed E-state index contributed by atoms with van der Waals surface area (Å²) in [5, 5.41) is 0. The number of esters is 1. The predicted molar refractivity (Wildman–Crippen MR) is 97.2 cm³/mol. The third kappa shape index (κ3) is 5.08. The van der Waals surface area contributed by atoms with Gasteiger partial charge in [-0.2, -0.15) is 0 Å². The zero-order chi connectivity index (χ0) is 18.4. The van der Waals surface area contributed by atoms with E-state index in [1.165, 1.54) is 6.08 Å². The molecule has 1 amide bonds. The van der Waals surface area contributed by atoms with Crippen LogP contribution in [-0.2, 0) is 14.3 Å². The topological polar surface area (TPSA) is 55.8 Å². The van der Waals surface area contributed by atoms with Gasteiger partial charge in [0.15, 0.2) is 6.10 Å². The van der Waals surface area contributed by atoms with Crippen LogP contribution in [0.25, 0.3) is 6.08 Å². The fraction of sp³-hybridized carbons (Fsp3) is 0.500. The molecule has 1 aromatic carbocycles. The van der Waals surface area contributed by atoms with Gasteiger partial charge in [0.05, 0.1) is 7.11 Å². The highest BCUT2D eigenvalue weighted by atomic mass is 16.5. The minimum Gasteiger partial charge on any atom is -0.497 e. The molecule has 0 aromatic heterocycles. The van der Waals surface area contributed by atoms with Crippen LogP contribution < -0.4 is 4.74 Å². The van der Waals surface area contributed by atoms with E-state index < -0.39 is 12.1 Å². The van der Waals surface area contributed by atoms with Gasteiger partial charge < -0.3 is 14.4 Å². The van der Waals surface area contributed by atoms with E-state index in [0.29, 0.717) is 0 Å². The summed E-state index contributed by atoms with van der Waals surface area (Å²) in [5.74, 6) is 0.114. The molecule has 0 aliphatic carbocycles. The van der Waals surface area contributed by atoms with Crippen LogP contribution in [0.1, 0.15) is 45.6 Å². The van der Waals surface area contributed by atoms with E-state index in [0.717, 1.165) is 30.6 Å². The van der Waals surface area contributed by atoms with E-state index in [1.807, 2.05) is 43.0 Å². The Kier molecular flexibility index (Phi) is 6.62. The molecule has 5 heteroatoms. The fourth-order valence-electron chi connectivity index (χ4n) is 3.21. The highest BCUT2D eigenvalue weighted by Gasteiger charge is 2.32. The molecule has 0 bridgehead atoms. The molecule has 1 aromatic rings. The van der Waals surface area contributed by atoms with Gasteiger partial charge in [0.25, 0.3) is 5.91 Å². The van der Waals surface area contributed by atoms with Gasteiger partial charge in [-0.15, -0.1) is 0 Å². The maximum Gasteiger partial charge on any atom is 0.331 e. The summed E-state index contributed by atoms with van der Waals surface area (Å²) in [6.45, 7) is 5.73. The van der Waals surface area contributed by atoms with Crippen LogP contribution in [0, 0.1) is 0 Å². The molecule has 0 N–H and O–H groups in total. The molecule has 0 saturated carbocycles. The maximum absolute atomic E-state index is 12.6. The number of methoxy groups -OCH3 is 1. The van der Waals surface area contributed by atoms with E-state index in [2.05, 4.69) is 0 Å². The number of carbonyl (C=O) groups is 2. The lowest BCUT2D eigenvalue weighted by atomic mass is 9.97. The van der Waals surface area contributed by atoms with Gasteiger partial charge in [-0.25, -0.2) is 4.79 Å². The number of hydrogen-bond donors (Lipinski definition) is 0. The second-order valence-corrected chi connectivity index (χ2v) is 6.56. The third-order valence-corrected chi connectivity index (χ3v) is 4.62. The summed E-state index contributed by atoms with van der Waals surface area (Å²) in [7, 11) is 1.60. The van der Waals surface area contributed by atoms with Gasteiger partial charge in [-0.1, -0.05) is 12.1 Å². The zero-order valence-electron chi connectivity index (χ0n) is 15.4. The molecule has 25 heavy (non-hydrogen) atoms. The Labute approximate surface area is 149 Å². The number of benzene rings is 1. The normalized spacial score (nSPS) is 21.8. The first kappa shape index (κ1) is 19.0. The first-order valence-electron chi connectivity index (χ1n) is 8.77. The fourth-order valence-corrected chi connectivity index (χ4v) is 3.21. The number of likely N-dealkylation sites (tertiary alicyclic amines) is 1. The van der Waals surface area contributed by atoms with E-state index >= 15 is 0 Å². The minimum atomic E-state index is -0.781. The summed E-state index contributed by atoms with van der Waals surface area (Å²) >= 11 is 0. The van der Waals surface area contributed by atoms with Crippen molar-refractivity contribution in [1.82, 2.24) is 4.90 Å². The van der Waals surface area contributed by atoms with Gasteiger partial charge in [0.1, 0.15) is 5.75 Å². The summed E-state index contributed by atoms with van der Waals surface area (Å²) < 4.78 is 10.4. The quantitative estimate of drug-likeness (QED) is 0.606. The maximum atomic E-state index is 12.6. The summed E-state index contributed by atoms with van der Waals surface area (Å²) in [4.78, 5) is 26.5.